The molecule has 0 spiro atoms. The van der Waals surface area contributed by atoms with Crippen LogP contribution in [0.3, 0.4) is 0 Å². The summed E-state index contributed by atoms with van der Waals surface area (Å²) in [5.41, 5.74) is 2.97. The van der Waals surface area contributed by atoms with Gasteiger partial charge >= 0.3 is 5.97 Å². The maximum atomic E-state index is 11.1. The molecule has 2 aromatic heterocycles. The number of benzene rings is 1. The molecule has 0 radical (unpaired) electrons. The Morgan fingerprint density at radius 3 is 2.68 bits per heavy atom. The highest BCUT2D eigenvalue weighted by atomic mass is 16.5. The summed E-state index contributed by atoms with van der Waals surface area (Å²) in [5.74, 6) is -0.206. The minimum Gasteiger partial charge on any atom is -0.494 e. The van der Waals surface area contributed by atoms with Crippen molar-refractivity contribution in [2.75, 3.05) is 6.61 Å². The van der Waals surface area contributed by atoms with E-state index in [1.54, 1.807) is 11.4 Å². The van der Waals surface area contributed by atoms with E-state index in [4.69, 9.17) is 9.84 Å². The zero-order chi connectivity index (χ0) is 15.7. The molecule has 22 heavy (non-hydrogen) atoms. The summed E-state index contributed by atoms with van der Waals surface area (Å²) >= 11 is 0. The lowest BCUT2D eigenvalue weighted by Crippen LogP contribution is -2.06. The van der Waals surface area contributed by atoms with Crippen LogP contribution in [-0.2, 0) is 0 Å². The number of fused-ring (bicyclic) bond motifs is 1. The van der Waals surface area contributed by atoms with Crippen LogP contribution >= 0.6 is 0 Å². The third kappa shape index (κ3) is 2.39. The number of aryl methyl sites for hydroxylation is 1. The SMILES string of the molecule is CCOc1ccc(-c2cc3ncc(C(=O)O)c(C)n3n2)cc1. The van der Waals surface area contributed by atoms with Gasteiger partial charge in [0.25, 0.3) is 0 Å². The summed E-state index contributed by atoms with van der Waals surface area (Å²) < 4.78 is 6.96. The van der Waals surface area contributed by atoms with Crippen molar-refractivity contribution in [2.45, 2.75) is 13.8 Å². The van der Waals surface area contributed by atoms with Crippen LogP contribution < -0.4 is 4.74 Å². The van der Waals surface area contributed by atoms with Gasteiger partial charge in [0.15, 0.2) is 5.65 Å². The molecule has 0 saturated carbocycles. The molecule has 2 heterocycles. The number of hydrogen-bond donors (Lipinski definition) is 1. The molecule has 3 rings (SSSR count). The minimum atomic E-state index is -1.01. The summed E-state index contributed by atoms with van der Waals surface area (Å²) in [6, 6.07) is 9.42. The molecule has 0 aliphatic heterocycles. The average Bonchev–Trinajstić information content (AvgIpc) is 2.93. The Labute approximate surface area is 127 Å². The minimum absolute atomic E-state index is 0.147. The number of ether oxygens (including phenoxy) is 1. The van der Waals surface area contributed by atoms with Gasteiger partial charge < -0.3 is 9.84 Å². The molecular weight excluding hydrogens is 282 g/mol. The van der Waals surface area contributed by atoms with Crippen molar-refractivity contribution in [2.24, 2.45) is 0 Å². The van der Waals surface area contributed by atoms with Crippen molar-refractivity contribution >= 4 is 11.6 Å². The van der Waals surface area contributed by atoms with E-state index in [1.807, 2.05) is 37.3 Å². The molecule has 1 aromatic carbocycles. The van der Waals surface area contributed by atoms with Gasteiger partial charge in [-0.1, -0.05) is 0 Å². The number of nitrogens with zero attached hydrogens (tertiary/aromatic N) is 3. The summed E-state index contributed by atoms with van der Waals surface area (Å²) in [6.07, 6.45) is 1.36. The van der Waals surface area contributed by atoms with Crippen LogP contribution in [0.1, 0.15) is 23.0 Å². The van der Waals surface area contributed by atoms with Gasteiger partial charge in [0.1, 0.15) is 5.75 Å². The van der Waals surface area contributed by atoms with Gasteiger partial charge in [-0.25, -0.2) is 14.3 Å². The standard InChI is InChI=1S/C16H15N3O3/c1-3-22-12-6-4-11(5-7-12)14-8-15-17-9-13(16(20)21)10(2)19(15)18-14/h4-9H,3H2,1-2H3,(H,20,21). The highest BCUT2D eigenvalue weighted by Crippen LogP contribution is 2.23. The number of carboxylic acid groups (broad SMARTS) is 1. The topological polar surface area (TPSA) is 76.7 Å². The predicted octanol–water partition coefficient (Wildman–Crippen LogP) is 2.80. The number of carboxylic acids is 1. The molecular formula is C16H15N3O3. The first-order valence-electron chi connectivity index (χ1n) is 6.92. The smallest absolute Gasteiger partial charge is 0.339 e. The number of aromatic nitrogens is 3. The molecule has 0 aliphatic rings. The van der Waals surface area contributed by atoms with E-state index in [0.717, 1.165) is 17.0 Å². The molecule has 0 atom stereocenters. The second-order valence-corrected chi connectivity index (χ2v) is 4.82. The lowest BCUT2D eigenvalue weighted by atomic mass is 10.1. The van der Waals surface area contributed by atoms with Crippen molar-refractivity contribution in [1.82, 2.24) is 14.6 Å². The van der Waals surface area contributed by atoms with Crippen molar-refractivity contribution in [3.05, 3.63) is 47.8 Å². The van der Waals surface area contributed by atoms with Crippen LogP contribution in [0.15, 0.2) is 36.5 Å². The fourth-order valence-corrected chi connectivity index (χ4v) is 2.29. The van der Waals surface area contributed by atoms with Crippen LogP contribution in [0, 0.1) is 6.92 Å². The van der Waals surface area contributed by atoms with E-state index in [0.29, 0.717) is 17.9 Å². The molecule has 0 amide bonds. The summed E-state index contributed by atoms with van der Waals surface area (Å²) in [4.78, 5) is 15.3. The van der Waals surface area contributed by atoms with E-state index >= 15 is 0 Å². The van der Waals surface area contributed by atoms with Crippen molar-refractivity contribution < 1.29 is 14.6 Å². The Bertz CT molecular complexity index is 838. The highest BCUT2D eigenvalue weighted by molar-refractivity contribution is 5.88. The number of rotatable bonds is 4. The average molecular weight is 297 g/mol. The molecule has 3 aromatic rings. The number of carbonyl (C=O) groups is 1. The fraction of sp³-hybridized carbons (Fsp3) is 0.188. The zero-order valence-corrected chi connectivity index (χ0v) is 12.3. The third-order valence-electron chi connectivity index (χ3n) is 3.42. The summed E-state index contributed by atoms with van der Waals surface area (Å²) in [7, 11) is 0. The molecule has 0 aliphatic carbocycles. The quantitative estimate of drug-likeness (QED) is 0.801. The molecule has 6 nitrogen and oxygen atoms in total. The Morgan fingerprint density at radius 2 is 2.05 bits per heavy atom. The maximum Gasteiger partial charge on any atom is 0.339 e. The first-order chi connectivity index (χ1) is 10.6. The lowest BCUT2D eigenvalue weighted by Gasteiger charge is -2.03. The Morgan fingerprint density at radius 1 is 1.32 bits per heavy atom. The normalized spacial score (nSPS) is 10.8. The van der Waals surface area contributed by atoms with Crippen LogP contribution in [0.2, 0.25) is 0 Å². The van der Waals surface area contributed by atoms with Crippen molar-refractivity contribution in [1.29, 1.82) is 0 Å². The fourth-order valence-electron chi connectivity index (χ4n) is 2.29. The van der Waals surface area contributed by atoms with Gasteiger partial charge in [0.2, 0.25) is 0 Å². The predicted molar refractivity (Wildman–Crippen MR) is 81.3 cm³/mol. The Hall–Kier alpha value is -2.89. The van der Waals surface area contributed by atoms with Crippen LogP contribution in [0.25, 0.3) is 16.9 Å². The lowest BCUT2D eigenvalue weighted by molar-refractivity contribution is 0.0695. The van der Waals surface area contributed by atoms with Crippen LogP contribution in [0.5, 0.6) is 5.75 Å². The molecule has 112 valence electrons. The second-order valence-electron chi connectivity index (χ2n) is 4.82. The van der Waals surface area contributed by atoms with E-state index in [1.165, 1.54) is 6.20 Å². The largest absolute Gasteiger partial charge is 0.494 e. The van der Waals surface area contributed by atoms with Gasteiger partial charge in [-0.2, -0.15) is 5.10 Å². The summed E-state index contributed by atoms with van der Waals surface area (Å²) in [5, 5.41) is 13.6. The Kier molecular flexibility index (Phi) is 3.50. The molecule has 0 saturated heterocycles. The molecule has 0 fully saturated rings. The van der Waals surface area contributed by atoms with Crippen LogP contribution in [-0.4, -0.2) is 32.3 Å². The first kappa shape index (κ1) is 14.1. The second kappa shape index (κ2) is 5.48. The van der Waals surface area contributed by atoms with Crippen LogP contribution in [0.4, 0.5) is 0 Å². The van der Waals surface area contributed by atoms with E-state index in [9.17, 15) is 4.79 Å². The van der Waals surface area contributed by atoms with Crippen molar-refractivity contribution in [3.8, 4) is 17.0 Å². The van der Waals surface area contributed by atoms with E-state index < -0.39 is 5.97 Å². The maximum absolute atomic E-state index is 11.1. The van der Waals surface area contributed by atoms with Gasteiger partial charge in [-0.15, -0.1) is 0 Å². The molecule has 0 bridgehead atoms. The number of hydrogen-bond acceptors (Lipinski definition) is 4. The third-order valence-corrected chi connectivity index (χ3v) is 3.42. The number of aromatic carboxylic acids is 1. The van der Waals surface area contributed by atoms with Gasteiger partial charge in [-0.05, 0) is 38.1 Å². The molecule has 0 unspecified atom stereocenters. The Balaban J connectivity index is 2.05. The van der Waals surface area contributed by atoms with E-state index in [-0.39, 0.29) is 5.56 Å². The van der Waals surface area contributed by atoms with Gasteiger partial charge in [0, 0.05) is 17.8 Å². The van der Waals surface area contributed by atoms with E-state index in [2.05, 4.69) is 10.1 Å². The monoisotopic (exact) mass is 297 g/mol. The summed E-state index contributed by atoms with van der Waals surface area (Å²) in [6.45, 7) is 4.27. The molecule has 1 N–H and O–H groups in total. The van der Waals surface area contributed by atoms with Gasteiger partial charge in [0.05, 0.1) is 23.6 Å². The molecule has 6 heteroatoms. The first-order valence-corrected chi connectivity index (χ1v) is 6.92. The zero-order valence-electron chi connectivity index (χ0n) is 12.3. The highest BCUT2D eigenvalue weighted by Gasteiger charge is 2.13. The van der Waals surface area contributed by atoms with Crippen molar-refractivity contribution in [3.63, 3.8) is 0 Å². The van der Waals surface area contributed by atoms with Gasteiger partial charge in [-0.3, -0.25) is 0 Å².